The fourth-order valence-corrected chi connectivity index (χ4v) is 3.31. The lowest BCUT2D eigenvalue weighted by Gasteiger charge is -2.20. The lowest BCUT2D eigenvalue weighted by Crippen LogP contribution is -2.42. The summed E-state index contributed by atoms with van der Waals surface area (Å²) in [6, 6.07) is 8.31. The minimum absolute atomic E-state index is 0. The average Bonchev–Trinajstić information content (AvgIpc) is 3.39. The first kappa shape index (κ1) is 26.4. The molecule has 1 aliphatic heterocycles. The van der Waals surface area contributed by atoms with Crippen molar-refractivity contribution in [1.82, 2.24) is 25.4 Å². The predicted molar refractivity (Wildman–Crippen MR) is 138 cm³/mol. The zero-order valence-corrected chi connectivity index (χ0v) is 22.1. The van der Waals surface area contributed by atoms with Crippen molar-refractivity contribution >= 4 is 29.9 Å². The summed E-state index contributed by atoms with van der Waals surface area (Å²) in [7, 11) is 1.96. The highest BCUT2D eigenvalue weighted by atomic mass is 127. The number of nitrogens with one attached hydrogen (secondary N) is 2. The average molecular weight is 556 g/mol. The number of halogens is 1. The van der Waals surface area contributed by atoms with Gasteiger partial charge in [-0.1, -0.05) is 26.0 Å². The monoisotopic (exact) mass is 556 g/mol. The summed E-state index contributed by atoms with van der Waals surface area (Å²) in [5, 5.41) is 15.3. The zero-order chi connectivity index (χ0) is 22.2. The number of aliphatic imine (C=N–C) groups is 1. The highest BCUT2D eigenvalue weighted by molar-refractivity contribution is 14.0. The number of guanidine groups is 1. The molecule has 0 amide bonds. The molecule has 2 N–H and O–H groups in total. The summed E-state index contributed by atoms with van der Waals surface area (Å²) in [5.41, 5.74) is 1.16. The number of benzene rings is 1. The summed E-state index contributed by atoms with van der Waals surface area (Å²) in [6.07, 6.45) is 2.43. The topological polar surface area (TPSA) is 85.6 Å². The van der Waals surface area contributed by atoms with Crippen molar-refractivity contribution in [3.05, 3.63) is 41.5 Å². The summed E-state index contributed by atoms with van der Waals surface area (Å²) in [6.45, 7) is 11.1. The molecule has 2 atom stereocenters. The van der Waals surface area contributed by atoms with E-state index in [0.29, 0.717) is 12.5 Å². The molecule has 0 spiro atoms. The van der Waals surface area contributed by atoms with Gasteiger partial charge in [0.05, 0.1) is 18.8 Å². The van der Waals surface area contributed by atoms with Crippen LogP contribution in [0.25, 0.3) is 0 Å². The van der Waals surface area contributed by atoms with E-state index in [2.05, 4.69) is 53.7 Å². The largest absolute Gasteiger partial charge is 0.493 e. The van der Waals surface area contributed by atoms with E-state index in [1.807, 2.05) is 30.7 Å². The molecule has 0 bridgehead atoms. The molecule has 2 aromatic rings. The van der Waals surface area contributed by atoms with Gasteiger partial charge in [0.1, 0.15) is 18.1 Å². The Morgan fingerprint density at radius 3 is 2.59 bits per heavy atom. The fraction of sp³-hybridized carbons (Fsp3) is 0.609. The third-order valence-electron chi connectivity index (χ3n) is 5.40. The highest BCUT2D eigenvalue weighted by Gasteiger charge is 2.17. The van der Waals surface area contributed by atoms with Crippen LogP contribution in [0.5, 0.6) is 5.75 Å². The SMILES string of the molecule is Cc1nnc(CN=C(NCC2CCCO2)NC(C)c2ccc(OCC(C)C)cc2)n1C.I. The minimum atomic E-state index is 0. The van der Waals surface area contributed by atoms with Crippen molar-refractivity contribution in [2.75, 3.05) is 19.8 Å². The standard InChI is InChI=1S/C23H36N6O2.HI/c1-16(2)15-31-20-10-8-19(9-11-20)17(3)26-23(24-13-21-7-6-12-30-21)25-14-22-28-27-18(4)29(22)5;/h8-11,16-17,21H,6-7,12-15H2,1-5H3,(H2,24,25,26);1H. The fourth-order valence-electron chi connectivity index (χ4n) is 3.31. The highest BCUT2D eigenvalue weighted by Crippen LogP contribution is 2.18. The Hall–Kier alpha value is -1.88. The van der Waals surface area contributed by atoms with Gasteiger partial charge in [0, 0.05) is 20.2 Å². The maximum Gasteiger partial charge on any atom is 0.192 e. The summed E-state index contributed by atoms with van der Waals surface area (Å²) in [4.78, 5) is 4.75. The first-order valence-electron chi connectivity index (χ1n) is 11.2. The Kier molecular flexibility index (Phi) is 10.7. The molecule has 8 nitrogen and oxygen atoms in total. The molecular weight excluding hydrogens is 519 g/mol. The van der Waals surface area contributed by atoms with Crippen molar-refractivity contribution in [1.29, 1.82) is 0 Å². The van der Waals surface area contributed by atoms with E-state index in [-0.39, 0.29) is 36.1 Å². The molecule has 178 valence electrons. The molecule has 1 fully saturated rings. The van der Waals surface area contributed by atoms with Crippen molar-refractivity contribution < 1.29 is 9.47 Å². The second kappa shape index (κ2) is 13.0. The van der Waals surface area contributed by atoms with Crippen LogP contribution in [-0.2, 0) is 18.3 Å². The lowest BCUT2D eigenvalue weighted by molar-refractivity contribution is 0.113. The molecule has 2 heterocycles. The zero-order valence-electron chi connectivity index (χ0n) is 19.8. The molecule has 32 heavy (non-hydrogen) atoms. The molecule has 1 aromatic heterocycles. The number of ether oxygens (including phenoxy) is 2. The van der Waals surface area contributed by atoms with Crippen molar-refractivity contribution in [3.63, 3.8) is 0 Å². The Bertz CT molecular complexity index is 847. The number of rotatable bonds is 9. The van der Waals surface area contributed by atoms with E-state index in [1.165, 1.54) is 0 Å². The Morgan fingerprint density at radius 2 is 2.00 bits per heavy atom. The summed E-state index contributed by atoms with van der Waals surface area (Å²) >= 11 is 0. The van der Waals surface area contributed by atoms with E-state index in [0.717, 1.165) is 61.5 Å². The van der Waals surface area contributed by atoms with E-state index >= 15 is 0 Å². The van der Waals surface area contributed by atoms with Gasteiger partial charge < -0.3 is 24.7 Å². The second-order valence-electron chi connectivity index (χ2n) is 8.54. The number of aryl methyl sites for hydroxylation is 1. The van der Waals surface area contributed by atoms with Crippen LogP contribution in [0.15, 0.2) is 29.3 Å². The Morgan fingerprint density at radius 1 is 1.25 bits per heavy atom. The van der Waals surface area contributed by atoms with Crippen LogP contribution in [0, 0.1) is 12.8 Å². The lowest BCUT2D eigenvalue weighted by atomic mass is 10.1. The molecule has 0 radical (unpaired) electrons. The number of aromatic nitrogens is 3. The van der Waals surface area contributed by atoms with Crippen LogP contribution < -0.4 is 15.4 Å². The molecule has 9 heteroatoms. The second-order valence-corrected chi connectivity index (χ2v) is 8.54. The van der Waals surface area contributed by atoms with Gasteiger partial charge in [0.2, 0.25) is 0 Å². The summed E-state index contributed by atoms with van der Waals surface area (Å²) < 4.78 is 13.5. The van der Waals surface area contributed by atoms with E-state index in [1.54, 1.807) is 0 Å². The normalized spacial score (nSPS) is 17.2. The maximum atomic E-state index is 5.79. The van der Waals surface area contributed by atoms with Crippen LogP contribution in [0.1, 0.15) is 56.9 Å². The van der Waals surface area contributed by atoms with Crippen molar-refractivity contribution in [3.8, 4) is 5.75 Å². The van der Waals surface area contributed by atoms with Gasteiger partial charge in [-0.05, 0) is 50.3 Å². The van der Waals surface area contributed by atoms with Crippen molar-refractivity contribution in [2.24, 2.45) is 18.0 Å². The summed E-state index contributed by atoms with van der Waals surface area (Å²) in [5.74, 6) is 3.85. The molecule has 1 saturated heterocycles. The van der Waals surface area contributed by atoms with Gasteiger partial charge in [-0.15, -0.1) is 34.2 Å². The Labute approximate surface area is 208 Å². The van der Waals surface area contributed by atoms with E-state index < -0.39 is 0 Å². The molecule has 1 aliphatic rings. The van der Waals surface area contributed by atoms with Crippen LogP contribution in [0.3, 0.4) is 0 Å². The third-order valence-corrected chi connectivity index (χ3v) is 5.40. The van der Waals surface area contributed by atoms with Gasteiger partial charge in [0.15, 0.2) is 11.8 Å². The predicted octanol–water partition coefficient (Wildman–Crippen LogP) is 3.75. The minimum Gasteiger partial charge on any atom is -0.493 e. The van der Waals surface area contributed by atoms with Crippen LogP contribution in [0.2, 0.25) is 0 Å². The van der Waals surface area contributed by atoms with Gasteiger partial charge in [-0.25, -0.2) is 4.99 Å². The molecule has 2 unspecified atom stereocenters. The van der Waals surface area contributed by atoms with Crippen molar-refractivity contribution in [2.45, 2.75) is 59.2 Å². The van der Waals surface area contributed by atoms with Crippen LogP contribution in [0.4, 0.5) is 0 Å². The molecule has 1 aromatic carbocycles. The van der Waals surface area contributed by atoms with Gasteiger partial charge in [0.25, 0.3) is 0 Å². The smallest absolute Gasteiger partial charge is 0.192 e. The van der Waals surface area contributed by atoms with Gasteiger partial charge in [-0.3, -0.25) is 0 Å². The van der Waals surface area contributed by atoms with Crippen LogP contribution >= 0.6 is 24.0 Å². The van der Waals surface area contributed by atoms with Crippen LogP contribution in [-0.4, -0.2) is 46.6 Å². The Balaban J connectivity index is 0.00000363. The quantitative estimate of drug-likeness (QED) is 0.278. The van der Waals surface area contributed by atoms with E-state index in [9.17, 15) is 0 Å². The molecule has 3 rings (SSSR count). The first-order chi connectivity index (χ1) is 14.9. The third kappa shape index (κ3) is 7.91. The molecular formula is C23H37IN6O2. The molecule has 0 saturated carbocycles. The number of hydrogen-bond donors (Lipinski definition) is 2. The van der Waals surface area contributed by atoms with E-state index in [4.69, 9.17) is 14.5 Å². The maximum absolute atomic E-state index is 5.79. The number of nitrogens with zero attached hydrogens (tertiary/aromatic N) is 4. The molecule has 0 aliphatic carbocycles. The first-order valence-corrected chi connectivity index (χ1v) is 11.2. The number of hydrogen-bond acceptors (Lipinski definition) is 5. The van der Waals surface area contributed by atoms with Gasteiger partial charge in [-0.2, -0.15) is 0 Å². The van der Waals surface area contributed by atoms with Gasteiger partial charge >= 0.3 is 0 Å².